The van der Waals surface area contributed by atoms with Crippen LogP contribution in [0.4, 0.5) is 5.82 Å². The van der Waals surface area contributed by atoms with Crippen LogP contribution >= 0.6 is 0 Å². The largest absolute Gasteiger partial charge is 0.478 e. The smallest absolute Gasteiger partial charge is 0.336 e. The highest BCUT2D eigenvalue weighted by atomic mass is 16.4. The van der Waals surface area contributed by atoms with Crippen molar-refractivity contribution in [3.05, 3.63) is 47.5 Å². The Morgan fingerprint density at radius 2 is 2.15 bits per heavy atom. The van der Waals surface area contributed by atoms with E-state index in [-0.39, 0.29) is 0 Å². The second-order valence-corrected chi connectivity index (χ2v) is 5.09. The summed E-state index contributed by atoms with van der Waals surface area (Å²) in [6.07, 6.45) is 3.26. The zero-order valence-electron chi connectivity index (χ0n) is 11.3. The van der Waals surface area contributed by atoms with Crippen molar-refractivity contribution < 1.29 is 9.90 Å². The van der Waals surface area contributed by atoms with E-state index in [1.54, 1.807) is 12.1 Å². The van der Waals surface area contributed by atoms with Gasteiger partial charge in [0.25, 0.3) is 0 Å². The van der Waals surface area contributed by atoms with Crippen LogP contribution in [0.3, 0.4) is 0 Å². The number of carboxylic acids is 1. The number of aromatic carboxylic acids is 1. The summed E-state index contributed by atoms with van der Waals surface area (Å²) < 4.78 is 0. The van der Waals surface area contributed by atoms with Crippen molar-refractivity contribution in [2.45, 2.75) is 13.3 Å². The molecule has 1 N–H and O–H groups in total. The molecule has 0 saturated carbocycles. The summed E-state index contributed by atoms with van der Waals surface area (Å²) >= 11 is 0. The number of hydrogen-bond acceptors (Lipinski definition) is 3. The predicted octanol–water partition coefficient (Wildman–Crippen LogP) is 3.09. The molecule has 20 heavy (non-hydrogen) atoms. The average Bonchev–Trinajstić information content (AvgIpc) is 2.46. The minimum absolute atomic E-state index is 0.302. The quantitative estimate of drug-likeness (QED) is 0.850. The maximum absolute atomic E-state index is 11.2. The van der Waals surface area contributed by atoms with Crippen LogP contribution in [-0.2, 0) is 0 Å². The van der Waals surface area contributed by atoms with Gasteiger partial charge < -0.3 is 10.0 Å². The van der Waals surface area contributed by atoms with E-state index in [9.17, 15) is 9.90 Å². The normalized spacial score (nSPS) is 15.2. The van der Waals surface area contributed by atoms with Crippen molar-refractivity contribution >= 4 is 22.7 Å². The number of carbonyl (C=O) groups is 1. The van der Waals surface area contributed by atoms with Crippen LogP contribution in [0, 0.1) is 0 Å². The third-order valence-electron chi connectivity index (χ3n) is 3.71. The van der Waals surface area contributed by atoms with Gasteiger partial charge in [-0.3, -0.25) is 0 Å². The molecule has 1 aliphatic heterocycles. The Morgan fingerprint density at radius 3 is 2.85 bits per heavy atom. The van der Waals surface area contributed by atoms with Gasteiger partial charge in [-0.15, -0.1) is 0 Å². The fourth-order valence-electron chi connectivity index (χ4n) is 2.49. The first-order valence-electron chi connectivity index (χ1n) is 6.69. The topological polar surface area (TPSA) is 53.4 Å². The Labute approximate surface area is 117 Å². The van der Waals surface area contributed by atoms with E-state index in [4.69, 9.17) is 0 Å². The third kappa shape index (κ3) is 2.25. The lowest BCUT2D eigenvalue weighted by Crippen LogP contribution is -2.28. The molecule has 1 aromatic heterocycles. The number of aromatic nitrogens is 1. The monoisotopic (exact) mass is 268 g/mol. The van der Waals surface area contributed by atoms with Crippen LogP contribution in [0.15, 0.2) is 42.0 Å². The van der Waals surface area contributed by atoms with E-state index in [1.807, 2.05) is 18.2 Å². The molecular formula is C16H16N2O2. The van der Waals surface area contributed by atoms with Crippen molar-refractivity contribution in [1.29, 1.82) is 0 Å². The second-order valence-electron chi connectivity index (χ2n) is 5.09. The fourth-order valence-corrected chi connectivity index (χ4v) is 2.49. The lowest BCUT2D eigenvalue weighted by atomic mass is 10.1. The van der Waals surface area contributed by atoms with Crippen molar-refractivity contribution in [2.75, 3.05) is 18.0 Å². The molecule has 1 aromatic carbocycles. The molecule has 4 heteroatoms. The molecule has 4 nitrogen and oxygen atoms in total. The molecule has 3 rings (SSSR count). The van der Waals surface area contributed by atoms with Gasteiger partial charge in [0.05, 0.1) is 11.1 Å². The molecule has 0 saturated heterocycles. The van der Waals surface area contributed by atoms with Crippen LogP contribution in [0.5, 0.6) is 0 Å². The Hall–Kier alpha value is -2.36. The van der Waals surface area contributed by atoms with E-state index in [1.165, 1.54) is 5.57 Å². The SMILES string of the molecule is CC1=CCN(c2ccc3c(C(=O)O)cccc3n2)CC1. The first-order chi connectivity index (χ1) is 9.65. The molecule has 2 aromatic rings. The summed E-state index contributed by atoms with van der Waals surface area (Å²) in [5.41, 5.74) is 2.44. The number of rotatable bonds is 2. The number of fused-ring (bicyclic) bond motifs is 1. The molecule has 0 atom stereocenters. The van der Waals surface area contributed by atoms with Crippen LogP contribution in [-0.4, -0.2) is 29.1 Å². The summed E-state index contributed by atoms with van der Waals surface area (Å²) in [5.74, 6) is -0.00882. The summed E-state index contributed by atoms with van der Waals surface area (Å²) in [6.45, 7) is 3.96. The van der Waals surface area contributed by atoms with Crippen LogP contribution in [0.1, 0.15) is 23.7 Å². The van der Waals surface area contributed by atoms with Crippen LogP contribution < -0.4 is 4.90 Å². The van der Waals surface area contributed by atoms with E-state index in [0.717, 1.165) is 30.8 Å². The number of carboxylic acid groups (broad SMARTS) is 1. The van der Waals surface area contributed by atoms with Crippen LogP contribution in [0.25, 0.3) is 10.9 Å². The molecule has 0 spiro atoms. The number of anilines is 1. The van der Waals surface area contributed by atoms with E-state index < -0.39 is 5.97 Å². The molecule has 102 valence electrons. The third-order valence-corrected chi connectivity index (χ3v) is 3.71. The van der Waals surface area contributed by atoms with Crippen molar-refractivity contribution in [2.24, 2.45) is 0 Å². The molecule has 0 aliphatic carbocycles. The van der Waals surface area contributed by atoms with E-state index in [2.05, 4.69) is 22.9 Å². The summed E-state index contributed by atoms with van der Waals surface area (Å²) in [6, 6.07) is 8.97. The molecule has 0 fully saturated rings. The number of benzene rings is 1. The van der Waals surface area contributed by atoms with Crippen LogP contribution in [0.2, 0.25) is 0 Å². The van der Waals surface area contributed by atoms with Gasteiger partial charge in [0.15, 0.2) is 0 Å². The first kappa shape index (κ1) is 12.7. The van der Waals surface area contributed by atoms with Crippen molar-refractivity contribution in [1.82, 2.24) is 4.98 Å². The fraction of sp³-hybridized carbons (Fsp3) is 0.250. The van der Waals surface area contributed by atoms with Gasteiger partial charge in [0.1, 0.15) is 5.82 Å². The maximum atomic E-state index is 11.2. The van der Waals surface area contributed by atoms with Crippen molar-refractivity contribution in [3.63, 3.8) is 0 Å². The predicted molar refractivity (Wildman–Crippen MR) is 79.3 cm³/mol. The lowest BCUT2D eigenvalue weighted by Gasteiger charge is -2.26. The summed E-state index contributed by atoms with van der Waals surface area (Å²) in [4.78, 5) is 18.0. The van der Waals surface area contributed by atoms with Gasteiger partial charge >= 0.3 is 5.97 Å². The first-order valence-corrected chi connectivity index (χ1v) is 6.69. The Balaban J connectivity index is 2.02. The molecule has 0 radical (unpaired) electrons. The molecular weight excluding hydrogens is 252 g/mol. The van der Waals surface area contributed by atoms with Gasteiger partial charge in [-0.25, -0.2) is 9.78 Å². The van der Waals surface area contributed by atoms with E-state index in [0.29, 0.717) is 10.9 Å². The Bertz CT molecular complexity index is 707. The molecule has 2 heterocycles. The molecule has 0 amide bonds. The standard InChI is InChI=1S/C16H16N2O2/c1-11-7-9-18(10-8-11)15-6-5-12-13(16(19)20)3-2-4-14(12)17-15/h2-7H,8-10H2,1H3,(H,19,20). The molecule has 0 bridgehead atoms. The van der Waals surface area contributed by atoms with Gasteiger partial charge in [-0.05, 0) is 37.6 Å². The maximum Gasteiger partial charge on any atom is 0.336 e. The summed E-state index contributed by atoms with van der Waals surface area (Å²) in [5, 5.41) is 9.87. The minimum atomic E-state index is -0.915. The zero-order chi connectivity index (χ0) is 14.1. The average molecular weight is 268 g/mol. The minimum Gasteiger partial charge on any atom is -0.478 e. The van der Waals surface area contributed by atoms with Gasteiger partial charge in [-0.2, -0.15) is 0 Å². The van der Waals surface area contributed by atoms with Gasteiger partial charge in [-0.1, -0.05) is 17.7 Å². The van der Waals surface area contributed by atoms with E-state index >= 15 is 0 Å². The van der Waals surface area contributed by atoms with Gasteiger partial charge in [0.2, 0.25) is 0 Å². The second kappa shape index (κ2) is 4.96. The Kier molecular flexibility index (Phi) is 3.14. The lowest BCUT2D eigenvalue weighted by molar-refractivity contribution is 0.0699. The highest BCUT2D eigenvalue weighted by Crippen LogP contribution is 2.23. The molecule has 0 unspecified atom stereocenters. The number of nitrogens with zero attached hydrogens (tertiary/aromatic N) is 2. The number of hydrogen-bond donors (Lipinski definition) is 1. The van der Waals surface area contributed by atoms with Crippen molar-refractivity contribution in [3.8, 4) is 0 Å². The van der Waals surface area contributed by atoms with Gasteiger partial charge in [0, 0.05) is 18.5 Å². The molecule has 1 aliphatic rings. The Morgan fingerprint density at radius 1 is 1.30 bits per heavy atom. The zero-order valence-corrected chi connectivity index (χ0v) is 11.3. The highest BCUT2D eigenvalue weighted by Gasteiger charge is 2.13. The number of pyridine rings is 1. The highest BCUT2D eigenvalue weighted by molar-refractivity contribution is 6.02. The summed E-state index contributed by atoms with van der Waals surface area (Å²) in [7, 11) is 0.